The van der Waals surface area contributed by atoms with Crippen LogP contribution in [0, 0.1) is 5.92 Å². The Morgan fingerprint density at radius 3 is 1.51 bits per heavy atom. The van der Waals surface area contributed by atoms with Gasteiger partial charge in [0.1, 0.15) is 30.8 Å². The Hall–Kier alpha value is -3.51. The van der Waals surface area contributed by atoms with E-state index in [1.54, 1.807) is 0 Å². The SMILES string of the molecule is CC[C@@H](CCCCNC(=O)COCCOCCNC(=O)COCCOCCCC(=O)CC[C@H](NC(=O)CCCCCCCCCCCCCCCCC(=O)O)C(=O)O)C(=O)CCO. The predicted octanol–water partition coefficient (Wildman–Crippen LogP) is 5.46. The number of aliphatic carboxylic acids is 2. The minimum atomic E-state index is -1.16. The van der Waals surface area contributed by atoms with Crippen molar-refractivity contribution in [3.05, 3.63) is 0 Å². The Labute approximate surface area is 376 Å². The van der Waals surface area contributed by atoms with Crippen molar-refractivity contribution in [1.29, 1.82) is 0 Å². The lowest BCUT2D eigenvalue weighted by Gasteiger charge is -2.14. The molecule has 6 N–H and O–H groups in total. The second kappa shape index (κ2) is 43.7. The summed E-state index contributed by atoms with van der Waals surface area (Å²) in [5.74, 6) is -2.78. The van der Waals surface area contributed by atoms with Crippen molar-refractivity contribution in [3.8, 4) is 0 Å². The van der Waals surface area contributed by atoms with E-state index >= 15 is 0 Å². The molecule has 0 radical (unpaired) electrons. The number of hydrogen-bond donors (Lipinski definition) is 6. The Morgan fingerprint density at radius 2 is 0.984 bits per heavy atom. The molecule has 2 atom stereocenters. The van der Waals surface area contributed by atoms with Gasteiger partial charge in [-0.2, -0.15) is 0 Å². The van der Waals surface area contributed by atoms with Crippen molar-refractivity contribution in [2.45, 2.75) is 173 Å². The van der Waals surface area contributed by atoms with Crippen LogP contribution in [0.2, 0.25) is 0 Å². The highest BCUT2D eigenvalue weighted by Gasteiger charge is 2.21. The fourth-order valence-corrected chi connectivity index (χ4v) is 6.79. The number of aliphatic hydroxyl groups excluding tert-OH is 1. The molecular weight excluding hydrogens is 819 g/mol. The first-order valence-electron chi connectivity index (χ1n) is 23.7. The lowest BCUT2D eigenvalue weighted by molar-refractivity contribution is -0.142. The number of carbonyl (C=O) groups excluding carboxylic acids is 5. The summed E-state index contributed by atoms with van der Waals surface area (Å²) in [7, 11) is 0. The van der Waals surface area contributed by atoms with Crippen LogP contribution in [0.5, 0.6) is 0 Å². The summed E-state index contributed by atoms with van der Waals surface area (Å²) in [6.45, 7) is 3.87. The van der Waals surface area contributed by atoms with Gasteiger partial charge in [0.25, 0.3) is 0 Å². The second-order valence-electron chi connectivity index (χ2n) is 16.1. The first-order chi connectivity index (χ1) is 30.5. The number of carboxylic acids is 2. The lowest BCUT2D eigenvalue weighted by Crippen LogP contribution is -2.41. The number of carboxylic acid groups (broad SMARTS) is 2. The minimum absolute atomic E-state index is 0.0339. The summed E-state index contributed by atoms with van der Waals surface area (Å²) in [5.41, 5.74) is 0. The van der Waals surface area contributed by atoms with E-state index in [4.69, 9.17) is 29.2 Å². The van der Waals surface area contributed by atoms with Gasteiger partial charge in [-0.25, -0.2) is 4.79 Å². The average molecular weight is 902 g/mol. The maximum Gasteiger partial charge on any atom is 0.326 e. The van der Waals surface area contributed by atoms with E-state index < -0.39 is 18.0 Å². The lowest BCUT2D eigenvalue weighted by atomic mass is 9.93. The van der Waals surface area contributed by atoms with Crippen LogP contribution in [0.1, 0.15) is 167 Å². The normalized spacial score (nSPS) is 12.1. The molecule has 0 heterocycles. The smallest absolute Gasteiger partial charge is 0.326 e. The third kappa shape index (κ3) is 41.0. The number of hydrogen-bond acceptors (Lipinski definition) is 12. The summed E-state index contributed by atoms with van der Waals surface area (Å²) in [4.78, 5) is 82.6. The number of carbonyl (C=O) groups is 7. The first kappa shape index (κ1) is 59.5. The Kier molecular flexibility index (Phi) is 41.3. The van der Waals surface area contributed by atoms with E-state index in [2.05, 4.69) is 16.0 Å². The van der Waals surface area contributed by atoms with Crippen molar-refractivity contribution >= 4 is 41.2 Å². The maximum absolute atomic E-state index is 12.3. The molecule has 0 fully saturated rings. The molecule has 0 aromatic carbocycles. The molecule has 0 rings (SSSR count). The number of unbranched alkanes of at least 4 members (excludes halogenated alkanes) is 14. The number of Topliss-reactive ketones (excluding diaryl/α,β-unsaturated/α-hetero) is 2. The van der Waals surface area contributed by atoms with Gasteiger partial charge in [0, 0.05) is 64.3 Å². The van der Waals surface area contributed by atoms with Gasteiger partial charge in [-0.1, -0.05) is 90.4 Å². The second-order valence-corrected chi connectivity index (χ2v) is 16.1. The van der Waals surface area contributed by atoms with Gasteiger partial charge < -0.3 is 50.2 Å². The van der Waals surface area contributed by atoms with Crippen LogP contribution in [-0.4, -0.2) is 135 Å². The molecule has 0 saturated heterocycles. The molecule has 366 valence electrons. The topological polar surface area (TPSA) is 253 Å². The third-order valence-electron chi connectivity index (χ3n) is 10.5. The summed E-state index contributed by atoms with van der Waals surface area (Å²) >= 11 is 0. The van der Waals surface area contributed by atoms with Crippen LogP contribution in [0.25, 0.3) is 0 Å². The van der Waals surface area contributed by atoms with Crippen molar-refractivity contribution < 1.29 is 67.8 Å². The van der Waals surface area contributed by atoms with Gasteiger partial charge in [0.05, 0.1) is 33.0 Å². The molecule has 0 aliphatic carbocycles. The summed E-state index contributed by atoms with van der Waals surface area (Å²) in [5, 5.41) is 35.1. The molecule has 63 heavy (non-hydrogen) atoms. The molecule has 0 aliphatic heterocycles. The van der Waals surface area contributed by atoms with Gasteiger partial charge in [-0.15, -0.1) is 0 Å². The van der Waals surface area contributed by atoms with E-state index in [9.17, 15) is 38.7 Å². The number of rotatable bonds is 48. The number of nitrogens with one attached hydrogen (secondary N) is 3. The molecule has 0 aromatic heterocycles. The highest BCUT2D eigenvalue weighted by atomic mass is 16.5. The average Bonchev–Trinajstić information content (AvgIpc) is 3.25. The van der Waals surface area contributed by atoms with Crippen molar-refractivity contribution in [2.24, 2.45) is 5.92 Å². The van der Waals surface area contributed by atoms with Crippen molar-refractivity contribution in [1.82, 2.24) is 16.0 Å². The highest BCUT2D eigenvalue weighted by molar-refractivity contribution is 5.85. The van der Waals surface area contributed by atoms with Gasteiger partial charge >= 0.3 is 11.9 Å². The quantitative estimate of drug-likeness (QED) is 0.0415. The molecule has 0 aliphatic rings. The van der Waals surface area contributed by atoms with Gasteiger partial charge in [0.2, 0.25) is 17.7 Å². The van der Waals surface area contributed by atoms with Crippen molar-refractivity contribution in [2.75, 3.05) is 72.6 Å². The van der Waals surface area contributed by atoms with E-state index in [-0.39, 0.29) is 133 Å². The molecule has 17 nitrogen and oxygen atoms in total. The molecular formula is C46H83N3O14. The van der Waals surface area contributed by atoms with Gasteiger partial charge in [0.15, 0.2) is 0 Å². The highest BCUT2D eigenvalue weighted by Crippen LogP contribution is 2.16. The predicted molar refractivity (Wildman–Crippen MR) is 238 cm³/mol. The maximum atomic E-state index is 12.3. The van der Waals surface area contributed by atoms with Crippen LogP contribution in [0.15, 0.2) is 0 Å². The standard InChI is InChI=1S/C46H83N3O14/c1-2-38(41(52)26-29-50)20-17-18-27-47-43(54)36-63-35-33-61-31-28-48-44(55)37-62-34-32-60-30-19-21-39(51)24-25-40(46(58)59)49-42(53)22-15-13-11-9-7-5-3-4-6-8-10-12-14-16-23-45(56)57/h38,40,50H,2-37H2,1H3,(H,47,54)(H,48,55)(H,49,53)(H,56,57)(H,58,59)/t38-,40-/m0/s1. The molecule has 3 amide bonds. The first-order valence-corrected chi connectivity index (χ1v) is 23.7. The minimum Gasteiger partial charge on any atom is -0.481 e. The fraction of sp³-hybridized carbons (Fsp3) is 0.848. The molecule has 17 heteroatoms. The Bertz CT molecular complexity index is 1220. The molecule has 0 spiro atoms. The van der Waals surface area contributed by atoms with Crippen molar-refractivity contribution in [3.63, 3.8) is 0 Å². The van der Waals surface area contributed by atoms with Crippen LogP contribution >= 0.6 is 0 Å². The number of ether oxygens (including phenoxy) is 4. The number of ketones is 2. The van der Waals surface area contributed by atoms with Crippen LogP contribution in [-0.2, 0) is 52.5 Å². The molecule has 0 aromatic rings. The summed E-state index contributed by atoms with van der Waals surface area (Å²) < 4.78 is 21.5. The van der Waals surface area contributed by atoms with Crippen LogP contribution < -0.4 is 16.0 Å². The summed E-state index contributed by atoms with van der Waals surface area (Å²) in [6, 6.07) is -1.10. The zero-order chi connectivity index (χ0) is 46.6. The van der Waals surface area contributed by atoms with Gasteiger partial charge in [-0.3, -0.25) is 28.8 Å². The monoisotopic (exact) mass is 902 g/mol. The van der Waals surface area contributed by atoms with Gasteiger partial charge in [-0.05, 0) is 44.9 Å². The zero-order valence-electron chi connectivity index (χ0n) is 38.4. The fourth-order valence-electron chi connectivity index (χ4n) is 6.79. The Morgan fingerprint density at radius 1 is 0.476 bits per heavy atom. The van der Waals surface area contributed by atoms with Crippen LogP contribution in [0.3, 0.4) is 0 Å². The van der Waals surface area contributed by atoms with E-state index in [1.807, 2.05) is 6.92 Å². The van der Waals surface area contributed by atoms with E-state index in [0.717, 1.165) is 64.2 Å². The molecule has 0 bridgehead atoms. The van der Waals surface area contributed by atoms with E-state index in [0.29, 0.717) is 26.0 Å². The largest absolute Gasteiger partial charge is 0.481 e. The molecule has 0 unspecified atom stereocenters. The number of amides is 3. The zero-order valence-corrected chi connectivity index (χ0v) is 38.4. The summed E-state index contributed by atoms with van der Waals surface area (Å²) in [6.07, 6.45) is 19.7. The third-order valence-corrected chi connectivity index (χ3v) is 10.5. The van der Waals surface area contributed by atoms with E-state index in [1.165, 1.54) is 44.9 Å². The number of aliphatic hydroxyl groups is 1. The van der Waals surface area contributed by atoms with Crippen LogP contribution in [0.4, 0.5) is 0 Å². The molecule has 0 saturated carbocycles. The Balaban J connectivity index is 3.67.